The van der Waals surface area contributed by atoms with Gasteiger partial charge in [0.15, 0.2) is 17.2 Å². The van der Waals surface area contributed by atoms with E-state index in [-0.39, 0.29) is 17.4 Å². The predicted molar refractivity (Wildman–Crippen MR) is 110 cm³/mol. The highest BCUT2D eigenvalue weighted by molar-refractivity contribution is 6.33. The summed E-state index contributed by atoms with van der Waals surface area (Å²) in [6.45, 7) is 1.20. The SMILES string of the molecule is CN(C)CCOc1cc(-c2[nH]nc3nc(Oc4ccc(F)cc4F)ncc23)c(Cl)cn1. The van der Waals surface area contributed by atoms with E-state index in [0.29, 0.717) is 40.2 Å². The Kier molecular flexibility index (Phi) is 5.92. The number of rotatable bonds is 7. The number of aromatic nitrogens is 5. The molecule has 0 radical (unpaired) electrons. The highest BCUT2D eigenvalue weighted by Crippen LogP contribution is 2.33. The van der Waals surface area contributed by atoms with Gasteiger partial charge in [-0.25, -0.2) is 18.7 Å². The molecule has 1 N–H and O–H groups in total. The number of aromatic amines is 1. The molecule has 0 atom stereocenters. The molecule has 160 valence electrons. The predicted octanol–water partition coefficient (Wildman–Crippen LogP) is 4.08. The fraction of sp³-hybridized carbons (Fsp3) is 0.200. The molecule has 4 aromatic rings. The molecule has 8 nitrogen and oxygen atoms in total. The van der Waals surface area contributed by atoms with Crippen molar-refractivity contribution < 1.29 is 18.3 Å². The van der Waals surface area contributed by atoms with Crippen LogP contribution in [0.25, 0.3) is 22.3 Å². The lowest BCUT2D eigenvalue weighted by Crippen LogP contribution is -2.19. The average molecular weight is 447 g/mol. The molecule has 0 unspecified atom stereocenters. The third-order valence-electron chi connectivity index (χ3n) is 4.27. The number of benzene rings is 1. The number of hydrogen-bond acceptors (Lipinski definition) is 7. The molecular formula is C20H17ClF2N6O2. The third-order valence-corrected chi connectivity index (χ3v) is 4.57. The van der Waals surface area contributed by atoms with Crippen LogP contribution >= 0.6 is 11.6 Å². The fourth-order valence-electron chi connectivity index (χ4n) is 2.72. The minimum absolute atomic E-state index is 0.135. The van der Waals surface area contributed by atoms with Crippen LogP contribution in [0.2, 0.25) is 5.02 Å². The molecule has 0 saturated carbocycles. The maximum Gasteiger partial charge on any atom is 0.324 e. The van der Waals surface area contributed by atoms with Gasteiger partial charge in [0.25, 0.3) is 0 Å². The lowest BCUT2D eigenvalue weighted by Gasteiger charge is -2.11. The molecule has 0 amide bonds. The topological polar surface area (TPSA) is 89.0 Å². The molecule has 11 heteroatoms. The van der Waals surface area contributed by atoms with Crippen LogP contribution in [0.5, 0.6) is 17.6 Å². The number of likely N-dealkylation sites (N-methyl/N-ethyl adjacent to an activating group) is 1. The second kappa shape index (κ2) is 8.78. The van der Waals surface area contributed by atoms with E-state index in [0.717, 1.165) is 18.7 Å². The van der Waals surface area contributed by atoms with Gasteiger partial charge in [0, 0.05) is 30.4 Å². The van der Waals surface area contributed by atoms with E-state index in [1.54, 1.807) is 6.07 Å². The zero-order valence-corrected chi connectivity index (χ0v) is 17.3. The van der Waals surface area contributed by atoms with Crippen LogP contribution in [0, 0.1) is 11.6 Å². The summed E-state index contributed by atoms with van der Waals surface area (Å²) in [5, 5.41) is 7.99. The zero-order chi connectivity index (χ0) is 22.0. The first-order valence-corrected chi connectivity index (χ1v) is 9.56. The summed E-state index contributed by atoms with van der Waals surface area (Å²) in [6, 6.07) is 4.51. The van der Waals surface area contributed by atoms with Crippen molar-refractivity contribution in [3.05, 3.63) is 53.3 Å². The highest BCUT2D eigenvalue weighted by Gasteiger charge is 2.16. The van der Waals surface area contributed by atoms with Gasteiger partial charge in [0.05, 0.1) is 22.3 Å². The molecule has 3 aromatic heterocycles. The van der Waals surface area contributed by atoms with Gasteiger partial charge in [-0.2, -0.15) is 10.1 Å². The number of nitrogens with zero attached hydrogens (tertiary/aromatic N) is 5. The van der Waals surface area contributed by atoms with E-state index in [1.807, 2.05) is 19.0 Å². The second-order valence-corrected chi connectivity index (χ2v) is 7.23. The van der Waals surface area contributed by atoms with E-state index in [9.17, 15) is 8.78 Å². The summed E-state index contributed by atoms with van der Waals surface area (Å²) >= 11 is 6.33. The Balaban J connectivity index is 1.61. The van der Waals surface area contributed by atoms with Crippen LogP contribution in [-0.4, -0.2) is 57.3 Å². The Bertz CT molecular complexity index is 1230. The largest absolute Gasteiger partial charge is 0.476 e. The summed E-state index contributed by atoms with van der Waals surface area (Å²) in [5.74, 6) is -1.36. The number of halogens is 3. The molecule has 0 bridgehead atoms. The Hall–Kier alpha value is -3.37. The van der Waals surface area contributed by atoms with Gasteiger partial charge in [-0.05, 0) is 26.2 Å². The normalized spacial score (nSPS) is 11.3. The summed E-state index contributed by atoms with van der Waals surface area (Å²) < 4.78 is 37.9. The first kappa shape index (κ1) is 20.9. The number of hydrogen-bond donors (Lipinski definition) is 1. The van der Waals surface area contributed by atoms with Crippen molar-refractivity contribution in [3.8, 4) is 28.9 Å². The van der Waals surface area contributed by atoms with Gasteiger partial charge < -0.3 is 14.4 Å². The van der Waals surface area contributed by atoms with Gasteiger partial charge in [0.1, 0.15) is 12.4 Å². The average Bonchev–Trinajstić information content (AvgIpc) is 3.14. The van der Waals surface area contributed by atoms with E-state index in [4.69, 9.17) is 21.1 Å². The molecule has 0 aliphatic heterocycles. The quantitative estimate of drug-likeness (QED) is 0.457. The highest BCUT2D eigenvalue weighted by atomic mass is 35.5. The van der Waals surface area contributed by atoms with Gasteiger partial charge in [-0.15, -0.1) is 0 Å². The fourth-order valence-corrected chi connectivity index (χ4v) is 2.92. The van der Waals surface area contributed by atoms with Crippen molar-refractivity contribution >= 4 is 22.6 Å². The molecule has 0 spiro atoms. The van der Waals surface area contributed by atoms with Crippen molar-refractivity contribution in [2.45, 2.75) is 0 Å². The molecule has 0 aliphatic rings. The Labute approximate surface area is 180 Å². The standard InChI is InChI=1S/C20H17ClF2N6O2/c1-29(2)5-6-30-17-8-12(14(21)10-24-17)18-13-9-25-20(26-19(13)28-27-18)31-16-4-3-11(22)7-15(16)23/h3-4,7-10H,5-6H2,1-2H3,(H,25,26,27,28). The lowest BCUT2D eigenvalue weighted by molar-refractivity contribution is 0.254. The monoisotopic (exact) mass is 446 g/mol. The molecule has 1 aromatic carbocycles. The molecule has 0 saturated heterocycles. The molecule has 3 heterocycles. The number of fused-ring (bicyclic) bond motifs is 1. The smallest absolute Gasteiger partial charge is 0.324 e. The van der Waals surface area contributed by atoms with Crippen molar-refractivity contribution in [3.63, 3.8) is 0 Å². The Morgan fingerprint density at radius 2 is 1.97 bits per heavy atom. The maximum atomic E-state index is 13.8. The van der Waals surface area contributed by atoms with Crippen molar-refractivity contribution in [1.29, 1.82) is 0 Å². The molecule has 31 heavy (non-hydrogen) atoms. The van der Waals surface area contributed by atoms with Gasteiger partial charge in [-0.1, -0.05) is 11.6 Å². The maximum absolute atomic E-state index is 13.8. The van der Waals surface area contributed by atoms with Crippen molar-refractivity contribution in [1.82, 2.24) is 30.0 Å². The zero-order valence-electron chi connectivity index (χ0n) is 16.6. The number of nitrogens with one attached hydrogen (secondary N) is 1. The van der Waals surface area contributed by atoms with E-state index in [1.165, 1.54) is 12.4 Å². The van der Waals surface area contributed by atoms with Crippen LogP contribution in [0.15, 0.2) is 36.7 Å². The molecule has 0 fully saturated rings. The second-order valence-electron chi connectivity index (χ2n) is 6.82. The van der Waals surface area contributed by atoms with Gasteiger partial charge >= 0.3 is 6.01 Å². The van der Waals surface area contributed by atoms with Gasteiger partial charge in [0.2, 0.25) is 5.88 Å². The minimum atomic E-state index is -0.864. The van der Waals surface area contributed by atoms with E-state index < -0.39 is 11.6 Å². The summed E-state index contributed by atoms with van der Waals surface area (Å²) in [5.41, 5.74) is 1.46. The molecule has 4 rings (SSSR count). The van der Waals surface area contributed by atoms with Crippen LogP contribution in [0.3, 0.4) is 0 Å². The number of ether oxygens (including phenoxy) is 2. The summed E-state index contributed by atoms with van der Waals surface area (Å²) in [6.07, 6.45) is 2.96. The van der Waals surface area contributed by atoms with E-state index >= 15 is 0 Å². The third kappa shape index (κ3) is 4.70. The van der Waals surface area contributed by atoms with E-state index in [2.05, 4.69) is 25.1 Å². The number of pyridine rings is 1. The van der Waals surface area contributed by atoms with Crippen LogP contribution < -0.4 is 9.47 Å². The Morgan fingerprint density at radius 3 is 2.74 bits per heavy atom. The number of H-pyrrole nitrogens is 1. The Morgan fingerprint density at radius 1 is 1.13 bits per heavy atom. The molecular weight excluding hydrogens is 430 g/mol. The summed E-state index contributed by atoms with van der Waals surface area (Å²) in [7, 11) is 3.90. The summed E-state index contributed by atoms with van der Waals surface area (Å²) in [4.78, 5) is 14.4. The van der Waals surface area contributed by atoms with Crippen LogP contribution in [0.4, 0.5) is 8.78 Å². The first-order valence-electron chi connectivity index (χ1n) is 9.18. The van der Waals surface area contributed by atoms with Crippen molar-refractivity contribution in [2.75, 3.05) is 27.2 Å². The molecule has 0 aliphatic carbocycles. The van der Waals surface area contributed by atoms with Crippen molar-refractivity contribution in [2.24, 2.45) is 0 Å². The first-order chi connectivity index (χ1) is 14.9. The minimum Gasteiger partial charge on any atom is -0.476 e. The van der Waals surface area contributed by atoms with Crippen LogP contribution in [-0.2, 0) is 0 Å². The lowest BCUT2D eigenvalue weighted by atomic mass is 10.1. The van der Waals surface area contributed by atoms with Crippen LogP contribution in [0.1, 0.15) is 0 Å². The van der Waals surface area contributed by atoms with Gasteiger partial charge in [-0.3, -0.25) is 5.10 Å².